The highest BCUT2D eigenvalue weighted by Crippen LogP contribution is 2.20. The third-order valence-corrected chi connectivity index (χ3v) is 3.74. The van der Waals surface area contributed by atoms with Crippen LogP contribution >= 0.6 is 15.9 Å². The average molecular weight is 336 g/mol. The summed E-state index contributed by atoms with van der Waals surface area (Å²) in [4.78, 5) is 13.9. The molecule has 0 saturated carbocycles. The molecule has 2 nitrogen and oxygen atoms in total. The lowest BCUT2D eigenvalue weighted by atomic mass is 10.1. The number of aryl methyl sites for hydroxylation is 1. The summed E-state index contributed by atoms with van der Waals surface area (Å²) >= 11 is 3.28. The highest BCUT2D eigenvalue weighted by Gasteiger charge is 2.15. The first kappa shape index (κ1) is 14.7. The van der Waals surface area contributed by atoms with Gasteiger partial charge in [0.15, 0.2) is 0 Å². The lowest BCUT2D eigenvalue weighted by Gasteiger charge is -2.18. The molecule has 1 amide bonds. The summed E-state index contributed by atoms with van der Waals surface area (Å²) in [5, 5.41) is 0. The third-order valence-electron chi connectivity index (χ3n) is 3.05. The smallest absolute Gasteiger partial charge is 0.255 e. The van der Waals surface area contributed by atoms with Crippen molar-refractivity contribution in [1.29, 1.82) is 0 Å². The number of hydrogen-bond acceptors (Lipinski definition) is 1. The van der Waals surface area contributed by atoms with Crippen molar-refractivity contribution in [3.8, 4) is 0 Å². The van der Waals surface area contributed by atoms with Gasteiger partial charge in [0.05, 0.1) is 5.56 Å². The van der Waals surface area contributed by atoms with Crippen LogP contribution in [0.1, 0.15) is 21.5 Å². The molecular formula is C16H15BrFNO. The SMILES string of the molecule is Cc1ccc(CN(C)C(=O)c2cc(F)ccc2Br)cc1. The van der Waals surface area contributed by atoms with Crippen LogP contribution in [0.3, 0.4) is 0 Å². The highest BCUT2D eigenvalue weighted by atomic mass is 79.9. The van der Waals surface area contributed by atoms with Gasteiger partial charge >= 0.3 is 0 Å². The number of rotatable bonds is 3. The second-order valence-corrected chi connectivity index (χ2v) is 5.63. The molecule has 20 heavy (non-hydrogen) atoms. The predicted molar refractivity (Wildman–Crippen MR) is 81.1 cm³/mol. The number of nitrogens with zero attached hydrogens (tertiary/aromatic N) is 1. The van der Waals surface area contributed by atoms with Crippen LogP contribution in [0, 0.1) is 12.7 Å². The number of benzene rings is 2. The van der Waals surface area contributed by atoms with Gasteiger partial charge in [0.25, 0.3) is 5.91 Å². The van der Waals surface area contributed by atoms with Crippen LogP contribution in [0.25, 0.3) is 0 Å². The van der Waals surface area contributed by atoms with Crippen LogP contribution in [-0.4, -0.2) is 17.9 Å². The molecule has 0 aliphatic heterocycles. The minimum absolute atomic E-state index is 0.211. The van der Waals surface area contributed by atoms with E-state index in [0.29, 0.717) is 16.6 Å². The molecule has 0 heterocycles. The Balaban J connectivity index is 2.16. The maximum absolute atomic E-state index is 13.3. The summed E-state index contributed by atoms with van der Waals surface area (Å²) in [5.41, 5.74) is 2.55. The van der Waals surface area contributed by atoms with Gasteiger partial charge in [0, 0.05) is 18.1 Å². The lowest BCUT2D eigenvalue weighted by Crippen LogP contribution is -2.26. The Morgan fingerprint density at radius 1 is 1.20 bits per heavy atom. The molecule has 2 aromatic rings. The van der Waals surface area contributed by atoms with E-state index < -0.39 is 5.82 Å². The predicted octanol–water partition coefficient (Wildman–Crippen LogP) is 4.17. The number of amides is 1. The quantitative estimate of drug-likeness (QED) is 0.824. The van der Waals surface area contributed by atoms with E-state index in [1.54, 1.807) is 18.0 Å². The van der Waals surface area contributed by atoms with Crippen LogP contribution in [0.2, 0.25) is 0 Å². The summed E-state index contributed by atoms with van der Waals surface area (Å²) < 4.78 is 13.8. The Kier molecular flexibility index (Phi) is 4.55. The van der Waals surface area contributed by atoms with Gasteiger partial charge in [0.1, 0.15) is 5.82 Å². The second kappa shape index (κ2) is 6.18. The Morgan fingerprint density at radius 3 is 2.50 bits per heavy atom. The highest BCUT2D eigenvalue weighted by molar-refractivity contribution is 9.10. The van der Waals surface area contributed by atoms with E-state index in [9.17, 15) is 9.18 Å². The number of carbonyl (C=O) groups is 1. The first-order valence-corrected chi connectivity index (χ1v) is 7.03. The zero-order valence-electron chi connectivity index (χ0n) is 11.4. The largest absolute Gasteiger partial charge is 0.337 e. The van der Waals surface area contributed by atoms with Gasteiger partial charge < -0.3 is 4.90 Å². The van der Waals surface area contributed by atoms with Crippen molar-refractivity contribution >= 4 is 21.8 Å². The maximum Gasteiger partial charge on any atom is 0.255 e. The Morgan fingerprint density at radius 2 is 1.85 bits per heavy atom. The molecule has 4 heteroatoms. The monoisotopic (exact) mass is 335 g/mol. The molecule has 2 aromatic carbocycles. The molecule has 0 radical (unpaired) electrons. The van der Waals surface area contributed by atoms with Gasteiger partial charge in [-0.2, -0.15) is 0 Å². The van der Waals surface area contributed by atoms with Crippen LogP contribution < -0.4 is 0 Å². The molecule has 0 unspecified atom stereocenters. The van der Waals surface area contributed by atoms with E-state index in [1.165, 1.54) is 17.7 Å². The number of halogens is 2. The van der Waals surface area contributed by atoms with E-state index in [1.807, 2.05) is 31.2 Å². The van der Waals surface area contributed by atoms with E-state index >= 15 is 0 Å². The first-order valence-electron chi connectivity index (χ1n) is 6.23. The van der Waals surface area contributed by atoms with Crippen molar-refractivity contribution in [1.82, 2.24) is 4.90 Å². The first-order chi connectivity index (χ1) is 9.47. The molecule has 2 rings (SSSR count). The van der Waals surface area contributed by atoms with E-state index in [2.05, 4.69) is 15.9 Å². The molecule has 0 N–H and O–H groups in total. The van der Waals surface area contributed by atoms with E-state index in [-0.39, 0.29) is 5.91 Å². The zero-order valence-corrected chi connectivity index (χ0v) is 12.9. The van der Waals surface area contributed by atoms with Crippen molar-refractivity contribution in [3.63, 3.8) is 0 Å². The molecule has 0 aromatic heterocycles. The fraction of sp³-hybridized carbons (Fsp3) is 0.188. The summed E-state index contributed by atoms with van der Waals surface area (Å²) in [6, 6.07) is 12.1. The second-order valence-electron chi connectivity index (χ2n) is 4.77. The maximum atomic E-state index is 13.3. The molecule has 0 atom stereocenters. The molecule has 0 spiro atoms. The lowest BCUT2D eigenvalue weighted by molar-refractivity contribution is 0.0783. The molecule has 0 bridgehead atoms. The van der Waals surface area contributed by atoms with Gasteiger partial charge in [-0.25, -0.2) is 4.39 Å². The Bertz CT molecular complexity index is 625. The fourth-order valence-corrected chi connectivity index (χ4v) is 2.32. The summed E-state index contributed by atoms with van der Waals surface area (Å²) in [6.45, 7) is 2.50. The minimum Gasteiger partial charge on any atom is -0.337 e. The average Bonchev–Trinajstić information content (AvgIpc) is 2.43. The van der Waals surface area contributed by atoms with Crippen molar-refractivity contribution in [2.45, 2.75) is 13.5 Å². The van der Waals surface area contributed by atoms with Gasteiger partial charge in [-0.05, 0) is 46.6 Å². The fourth-order valence-electron chi connectivity index (χ4n) is 1.91. The van der Waals surface area contributed by atoms with Crippen LogP contribution in [0.15, 0.2) is 46.9 Å². The molecule has 104 valence electrons. The van der Waals surface area contributed by atoms with Gasteiger partial charge in [-0.1, -0.05) is 29.8 Å². The van der Waals surface area contributed by atoms with Gasteiger partial charge in [0.2, 0.25) is 0 Å². The molecular weight excluding hydrogens is 321 g/mol. The summed E-state index contributed by atoms with van der Waals surface area (Å²) in [6.07, 6.45) is 0. The topological polar surface area (TPSA) is 20.3 Å². The summed E-state index contributed by atoms with van der Waals surface area (Å²) in [7, 11) is 1.71. The molecule has 0 aliphatic rings. The van der Waals surface area contributed by atoms with Crippen molar-refractivity contribution < 1.29 is 9.18 Å². The Labute approximate surface area is 126 Å². The van der Waals surface area contributed by atoms with Crippen molar-refractivity contribution in [2.75, 3.05) is 7.05 Å². The van der Waals surface area contributed by atoms with Crippen LogP contribution in [0.5, 0.6) is 0 Å². The van der Waals surface area contributed by atoms with Gasteiger partial charge in [-0.15, -0.1) is 0 Å². The van der Waals surface area contributed by atoms with E-state index in [0.717, 1.165) is 5.56 Å². The standard InChI is InChI=1S/C16H15BrFNO/c1-11-3-5-12(6-4-11)10-19(2)16(20)14-9-13(18)7-8-15(14)17/h3-9H,10H2,1-2H3. The molecule has 0 aliphatic carbocycles. The van der Waals surface area contributed by atoms with E-state index in [4.69, 9.17) is 0 Å². The van der Waals surface area contributed by atoms with Crippen molar-refractivity contribution in [2.24, 2.45) is 0 Å². The van der Waals surface area contributed by atoms with Crippen molar-refractivity contribution in [3.05, 3.63) is 69.4 Å². The Hall–Kier alpha value is -1.68. The van der Waals surface area contributed by atoms with Crippen LogP contribution in [0.4, 0.5) is 4.39 Å². The zero-order chi connectivity index (χ0) is 14.7. The summed E-state index contributed by atoms with van der Waals surface area (Å²) in [5.74, 6) is -0.628. The molecule has 0 fully saturated rings. The number of hydrogen-bond donors (Lipinski definition) is 0. The minimum atomic E-state index is -0.416. The normalized spacial score (nSPS) is 10.4. The third kappa shape index (κ3) is 3.45. The van der Waals surface area contributed by atoms with Gasteiger partial charge in [-0.3, -0.25) is 4.79 Å². The molecule has 0 saturated heterocycles. The van der Waals surface area contributed by atoms with Crippen LogP contribution in [-0.2, 0) is 6.54 Å². The number of carbonyl (C=O) groups excluding carboxylic acids is 1.